The zero-order valence-corrected chi connectivity index (χ0v) is 11.5. The summed E-state index contributed by atoms with van der Waals surface area (Å²) in [6.45, 7) is 2.43. The van der Waals surface area contributed by atoms with Gasteiger partial charge in [0.2, 0.25) is 5.91 Å². The molecule has 0 heterocycles. The SMILES string of the molecule is Cc1ccccc1CNC(=O)[C@@H]1CC=CC[C@@H]1C(=O)O. The number of carbonyl (C=O) groups is 2. The highest BCUT2D eigenvalue weighted by molar-refractivity contribution is 5.85. The Hall–Kier alpha value is -2.10. The predicted molar refractivity (Wildman–Crippen MR) is 76.0 cm³/mol. The van der Waals surface area contributed by atoms with Crippen LogP contribution in [-0.2, 0) is 16.1 Å². The van der Waals surface area contributed by atoms with Crippen molar-refractivity contribution in [1.29, 1.82) is 0 Å². The van der Waals surface area contributed by atoms with Crippen LogP contribution in [0.1, 0.15) is 24.0 Å². The van der Waals surface area contributed by atoms with Crippen molar-refractivity contribution in [1.82, 2.24) is 5.32 Å². The van der Waals surface area contributed by atoms with Gasteiger partial charge < -0.3 is 10.4 Å². The van der Waals surface area contributed by atoms with E-state index in [-0.39, 0.29) is 5.91 Å². The average Bonchev–Trinajstić information content (AvgIpc) is 2.46. The van der Waals surface area contributed by atoms with Gasteiger partial charge in [-0.15, -0.1) is 0 Å². The molecule has 0 aromatic heterocycles. The molecule has 4 heteroatoms. The number of allylic oxidation sites excluding steroid dienone is 2. The van der Waals surface area contributed by atoms with Crippen molar-refractivity contribution in [3.8, 4) is 0 Å². The van der Waals surface area contributed by atoms with E-state index in [0.717, 1.165) is 11.1 Å². The van der Waals surface area contributed by atoms with Crippen molar-refractivity contribution in [2.75, 3.05) is 0 Å². The fourth-order valence-corrected chi connectivity index (χ4v) is 2.50. The smallest absolute Gasteiger partial charge is 0.307 e. The summed E-state index contributed by atoms with van der Waals surface area (Å²) in [5.41, 5.74) is 2.17. The lowest BCUT2D eigenvalue weighted by molar-refractivity contribution is -0.147. The predicted octanol–water partition coefficient (Wildman–Crippen LogP) is 2.28. The minimum Gasteiger partial charge on any atom is -0.481 e. The molecule has 0 saturated heterocycles. The third-order valence-electron chi connectivity index (χ3n) is 3.80. The van der Waals surface area contributed by atoms with Crippen LogP contribution >= 0.6 is 0 Å². The zero-order chi connectivity index (χ0) is 14.5. The molecule has 4 nitrogen and oxygen atoms in total. The number of aryl methyl sites for hydroxylation is 1. The number of hydrogen-bond acceptors (Lipinski definition) is 2. The molecule has 0 bridgehead atoms. The number of carboxylic acid groups (broad SMARTS) is 1. The van der Waals surface area contributed by atoms with Crippen molar-refractivity contribution in [2.45, 2.75) is 26.3 Å². The number of carboxylic acids is 1. The van der Waals surface area contributed by atoms with Crippen molar-refractivity contribution in [2.24, 2.45) is 11.8 Å². The molecular weight excluding hydrogens is 254 g/mol. The van der Waals surface area contributed by atoms with Crippen molar-refractivity contribution >= 4 is 11.9 Å². The number of amides is 1. The van der Waals surface area contributed by atoms with Crippen LogP contribution in [0.25, 0.3) is 0 Å². The molecule has 106 valence electrons. The molecular formula is C16H19NO3. The lowest BCUT2D eigenvalue weighted by Gasteiger charge is -2.24. The van der Waals surface area contributed by atoms with Gasteiger partial charge in [-0.2, -0.15) is 0 Å². The van der Waals surface area contributed by atoms with Gasteiger partial charge in [0.05, 0.1) is 11.8 Å². The van der Waals surface area contributed by atoms with Crippen LogP contribution < -0.4 is 5.32 Å². The Labute approximate surface area is 118 Å². The highest BCUT2D eigenvalue weighted by atomic mass is 16.4. The Bertz CT molecular complexity index is 536. The van der Waals surface area contributed by atoms with Gasteiger partial charge in [-0.1, -0.05) is 36.4 Å². The van der Waals surface area contributed by atoms with E-state index in [9.17, 15) is 14.7 Å². The topological polar surface area (TPSA) is 66.4 Å². The lowest BCUT2D eigenvalue weighted by atomic mass is 9.82. The Balaban J connectivity index is 1.99. The minimum atomic E-state index is -0.898. The van der Waals surface area contributed by atoms with Crippen LogP contribution in [0.15, 0.2) is 36.4 Å². The van der Waals surface area contributed by atoms with E-state index in [1.165, 1.54) is 0 Å². The molecule has 2 N–H and O–H groups in total. The summed E-state index contributed by atoms with van der Waals surface area (Å²) in [7, 11) is 0. The van der Waals surface area contributed by atoms with Crippen LogP contribution in [0.3, 0.4) is 0 Å². The molecule has 0 radical (unpaired) electrons. The largest absolute Gasteiger partial charge is 0.481 e. The quantitative estimate of drug-likeness (QED) is 0.827. The van der Waals surface area contributed by atoms with Gasteiger partial charge in [-0.3, -0.25) is 9.59 Å². The first-order valence-electron chi connectivity index (χ1n) is 6.79. The van der Waals surface area contributed by atoms with E-state index in [2.05, 4.69) is 5.32 Å². The highest BCUT2D eigenvalue weighted by Gasteiger charge is 2.33. The number of benzene rings is 1. The maximum Gasteiger partial charge on any atom is 0.307 e. The van der Waals surface area contributed by atoms with E-state index in [1.54, 1.807) is 0 Å². The van der Waals surface area contributed by atoms with E-state index in [1.807, 2.05) is 43.3 Å². The summed E-state index contributed by atoms with van der Waals surface area (Å²) in [6, 6.07) is 7.83. The highest BCUT2D eigenvalue weighted by Crippen LogP contribution is 2.26. The van der Waals surface area contributed by atoms with E-state index in [4.69, 9.17) is 0 Å². The molecule has 0 fully saturated rings. The number of rotatable bonds is 4. The van der Waals surface area contributed by atoms with Crippen molar-refractivity contribution in [3.63, 3.8) is 0 Å². The minimum absolute atomic E-state index is 0.176. The Morgan fingerprint density at radius 3 is 2.50 bits per heavy atom. The van der Waals surface area contributed by atoms with E-state index >= 15 is 0 Å². The normalized spacial score (nSPS) is 21.4. The molecule has 1 aliphatic carbocycles. The van der Waals surface area contributed by atoms with Crippen LogP contribution in [0.5, 0.6) is 0 Å². The summed E-state index contributed by atoms with van der Waals surface area (Å²) in [5, 5.41) is 12.0. The average molecular weight is 273 g/mol. The molecule has 1 aromatic carbocycles. The Morgan fingerprint density at radius 1 is 1.20 bits per heavy atom. The van der Waals surface area contributed by atoms with Gasteiger partial charge in [0.25, 0.3) is 0 Å². The number of hydrogen-bond donors (Lipinski definition) is 2. The van der Waals surface area contributed by atoms with E-state index < -0.39 is 17.8 Å². The van der Waals surface area contributed by atoms with Gasteiger partial charge in [0.1, 0.15) is 0 Å². The number of carbonyl (C=O) groups excluding carboxylic acids is 1. The maximum atomic E-state index is 12.2. The van der Waals surface area contributed by atoms with Gasteiger partial charge in [0, 0.05) is 6.54 Å². The van der Waals surface area contributed by atoms with Crippen LogP contribution in [-0.4, -0.2) is 17.0 Å². The Morgan fingerprint density at radius 2 is 1.85 bits per heavy atom. The van der Waals surface area contributed by atoms with E-state index in [0.29, 0.717) is 19.4 Å². The molecule has 1 aromatic rings. The molecule has 0 aliphatic heterocycles. The van der Waals surface area contributed by atoms with Crippen molar-refractivity contribution < 1.29 is 14.7 Å². The first kappa shape index (κ1) is 14.3. The number of aliphatic carboxylic acids is 1. The molecule has 2 atom stereocenters. The zero-order valence-electron chi connectivity index (χ0n) is 11.5. The van der Waals surface area contributed by atoms with Crippen LogP contribution in [0, 0.1) is 18.8 Å². The second kappa shape index (κ2) is 6.37. The molecule has 0 spiro atoms. The molecule has 1 aliphatic rings. The van der Waals surface area contributed by atoms with Crippen LogP contribution in [0.2, 0.25) is 0 Å². The molecule has 0 saturated carbocycles. The molecule has 0 unspecified atom stereocenters. The van der Waals surface area contributed by atoms with Gasteiger partial charge in [0.15, 0.2) is 0 Å². The third-order valence-corrected chi connectivity index (χ3v) is 3.80. The van der Waals surface area contributed by atoms with Crippen LogP contribution in [0.4, 0.5) is 0 Å². The summed E-state index contributed by atoms with van der Waals surface area (Å²) in [5.74, 6) is -2.16. The monoisotopic (exact) mass is 273 g/mol. The third kappa shape index (κ3) is 3.26. The summed E-state index contributed by atoms with van der Waals surface area (Å²) >= 11 is 0. The number of nitrogens with one attached hydrogen (secondary N) is 1. The first-order chi connectivity index (χ1) is 9.59. The molecule has 2 rings (SSSR count). The standard InChI is InChI=1S/C16H19NO3/c1-11-6-2-3-7-12(11)10-17-15(18)13-8-4-5-9-14(13)16(19)20/h2-7,13-14H,8-10H2,1H3,(H,17,18)(H,19,20)/t13-,14+/m1/s1. The Kier molecular flexibility index (Phi) is 4.56. The molecule has 20 heavy (non-hydrogen) atoms. The maximum absolute atomic E-state index is 12.2. The second-order valence-corrected chi connectivity index (χ2v) is 5.14. The summed E-state index contributed by atoms with van der Waals surface area (Å²) in [6.07, 6.45) is 4.65. The van der Waals surface area contributed by atoms with Crippen molar-refractivity contribution in [3.05, 3.63) is 47.5 Å². The van der Waals surface area contributed by atoms with Gasteiger partial charge in [-0.25, -0.2) is 0 Å². The second-order valence-electron chi connectivity index (χ2n) is 5.14. The first-order valence-corrected chi connectivity index (χ1v) is 6.79. The fourth-order valence-electron chi connectivity index (χ4n) is 2.50. The molecule has 1 amide bonds. The lowest BCUT2D eigenvalue weighted by Crippen LogP contribution is -2.38. The summed E-state index contributed by atoms with van der Waals surface area (Å²) in [4.78, 5) is 23.4. The fraction of sp³-hybridized carbons (Fsp3) is 0.375. The summed E-state index contributed by atoms with van der Waals surface area (Å²) < 4.78 is 0. The van der Waals surface area contributed by atoms with Gasteiger partial charge >= 0.3 is 5.97 Å². The van der Waals surface area contributed by atoms with Gasteiger partial charge in [-0.05, 0) is 30.9 Å².